The number of carbonyl (C=O) groups is 1. The summed E-state index contributed by atoms with van der Waals surface area (Å²) in [6.07, 6.45) is 21.4. The van der Waals surface area contributed by atoms with E-state index in [1.165, 1.54) is 77.0 Å². The molecule has 1 N–H and O–H groups in total. The monoisotopic (exact) mass is 279 g/mol. The van der Waals surface area contributed by atoms with Crippen LogP contribution in [0.2, 0.25) is 0 Å². The van der Waals surface area contributed by atoms with Gasteiger partial charge in [-0.25, -0.2) is 0 Å². The van der Waals surface area contributed by atoms with E-state index < -0.39 is 0 Å². The van der Waals surface area contributed by atoms with E-state index in [1.807, 2.05) is 6.08 Å². The summed E-state index contributed by atoms with van der Waals surface area (Å²) in [6.45, 7) is 2.27. The quantitative estimate of drug-likeness (QED) is 0.465. The Bertz CT molecular complexity index is 273. The second-order valence-corrected chi connectivity index (χ2v) is 6.15. The second kappa shape index (κ2) is 12.0. The van der Waals surface area contributed by atoms with Crippen molar-refractivity contribution in [3.63, 3.8) is 0 Å². The van der Waals surface area contributed by atoms with E-state index in [9.17, 15) is 4.79 Å². The highest BCUT2D eigenvalue weighted by Gasteiger charge is 2.12. The molecule has 0 saturated carbocycles. The molecule has 0 aliphatic carbocycles. The van der Waals surface area contributed by atoms with Gasteiger partial charge in [-0.15, -0.1) is 0 Å². The Morgan fingerprint density at radius 3 is 1.80 bits per heavy atom. The molecule has 1 atom stereocenters. The largest absolute Gasteiger partial charge is 0.346 e. The maximum absolute atomic E-state index is 11.0. The van der Waals surface area contributed by atoms with Crippen molar-refractivity contribution < 1.29 is 4.79 Å². The molecule has 1 aliphatic rings. The van der Waals surface area contributed by atoms with Gasteiger partial charge in [-0.05, 0) is 6.42 Å². The summed E-state index contributed by atoms with van der Waals surface area (Å²) in [5.74, 6) is 0.0777. The van der Waals surface area contributed by atoms with Gasteiger partial charge in [-0.1, -0.05) is 90.0 Å². The van der Waals surface area contributed by atoms with E-state index in [1.54, 1.807) is 6.08 Å². The normalized spacial score (nSPS) is 17.6. The molecule has 20 heavy (non-hydrogen) atoms. The van der Waals surface area contributed by atoms with E-state index in [-0.39, 0.29) is 5.91 Å². The molecule has 1 unspecified atom stereocenters. The molecule has 0 fully saturated rings. The summed E-state index contributed by atoms with van der Waals surface area (Å²) >= 11 is 0. The van der Waals surface area contributed by atoms with Gasteiger partial charge in [0.2, 0.25) is 5.91 Å². The van der Waals surface area contributed by atoms with Gasteiger partial charge in [0.1, 0.15) is 0 Å². The Morgan fingerprint density at radius 1 is 0.850 bits per heavy atom. The Morgan fingerprint density at radius 2 is 1.35 bits per heavy atom. The summed E-state index contributed by atoms with van der Waals surface area (Å²) in [4.78, 5) is 11.0. The van der Waals surface area contributed by atoms with Crippen molar-refractivity contribution in [2.24, 2.45) is 0 Å². The number of hydrogen-bond donors (Lipinski definition) is 1. The topological polar surface area (TPSA) is 29.1 Å². The smallest absolute Gasteiger partial charge is 0.244 e. The first-order chi connectivity index (χ1) is 9.83. The molecule has 1 heterocycles. The molecular weight excluding hydrogens is 246 g/mol. The first-order valence-electron chi connectivity index (χ1n) is 8.81. The van der Waals surface area contributed by atoms with Gasteiger partial charge < -0.3 is 5.32 Å². The van der Waals surface area contributed by atoms with Gasteiger partial charge in [-0.2, -0.15) is 0 Å². The fourth-order valence-corrected chi connectivity index (χ4v) is 2.86. The second-order valence-electron chi connectivity index (χ2n) is 6.15. The maximum atomic E-state index is 11.0. The van der Waals surface area contributed by atoms with Crippen molar-refractivity contribution in [1.82, 2.24) is 5.32 Å². The van der Waals surface area contributed by atoms with Crippen molar-refractivity contribution in [1.29, 1.82) is 0 Å². The predicted octanol–water partition coefficient (Wildman–Crippen LogP) is 5.13. The Kier molecular flexibility index (Phi) is 10.3. The molecule has 0 aromatic heterocycles. The Balaban J connectivity index is 1.72. The molecule has 1 aliphatic heterocycles. The third kappa shape index (κ3) is 9.17. The number of rotatable bonds is 13. The van der Waals surface area contributed by atoms with Gasteiger partial charge >= 0.3 is 0 Å². The van der Waals surface area contributed by atoms with Crippen LogP contribution in [0, 0.1) is 0 Å². The molecule has 0 aromatic rings. The van der Waals surface area contributed by atoms with E-state index >= 15 is 0 Å². The van der Waals surface area contributed by atoms with Gasteiger partial charge in [0.15, 0.2) is 0 Å². The maximum Gasteiger partial charge on any atom is 0.244 e. The summed E-state index contributed by atoms with van der Waals surface area (Å²) in [5.41, 5.74) is 0. The fraction of sp³-hybridized carbons (Fsp3) is 0.833. The van der Waals surface area contributed by atoms with Crippen LogP contribution in [-0.4, -0.2) is 11.9 Å². The lowest BCUT2D eigenvalue weighted by molar-refractivity contribution is -0.116. The zero-order valence-electron chi connectivity index (χ0n) is 13.3. The van der Waals surface area contributed by atoms with Crippen molar-refractivity contribution in [2.75, 3.05) is 0 Å². The van der Waals surface area contributed by atoms with Crippen LogP contribution in [0.3, 0.4) is 0 Å². The number of nitrogens with one attached hydrogen (secondary N) is 1. The lowest BCUT2D eigenvalue weighted by Gasteiger charge is -2.08. The van der Waals surface area contributed by atoms with E-state index in [0.717, 1.165) is 6.42 Å². The van der Waals surface area contributed by atoms with Crippen LogP contribution in [0.4, 0.5) is 0 Å². The van der Waals surface area contributed by atoms with Crippen LogP contribution < -0.4 is 5.32 Å². The molecule has 2 heteroatoms. The van der Waals surface area contributed by atoms with Crippen molar-refractivity contribution in [3.05, 3.63) is 12.2 Å². The summed E-state index contributed by atoms with van der Waals surface area (Å²) < 4.78 is 0. The zero-order chi connectivity index (χ0) is 14.5. The minimum atomic E-state index is 0.0777. The predicted molar refractivity (Wildman–Crippen MR) is 86.8 cm³/mol. The highest BCUT2D eigenvalue weighted by Crippen LogP contribution is 2.13. The van der Waals surface area contributed by atoms with Gasteiger partial charge in [-0.3, -0.25) is 4.79 Å². The summed E-state index contributed by atoms with van der Waals surface area (Å²) in [7, 11) is 0. The van der Waals surface area contributed by atoms with Crippen LogP contribution in [0.5, 0.6) is 0 Å². The van der Waals surface area contributed by atoms with Crippen molar-refractivity contribution in [3.8, 4) is 0 Å². The SMILES string of the molecule is CCCCCCCCCCCCCCC1C=CC(=O)N1. The minimum absolute atomic E-state index is 0.0777. The number of unbranched alkanes of at least 4 members (excludes halogenated alkanes) is 11. The summed E-state index contributed by atoms with van der Waals surface area (Å²) in [6, 6.07) is 0.311. The van der Waals surface area contributed by atoms with E-state index in [4.69, 9.17) is 0 Å². The molecule has 2 nitrogen and oxygen atoms in total. The van der Waals surface area contributed by atoms with E-state index in [0.29, 0.717) is 6.04 Å². The number of amides is 1. The molecule has 0 bridgehead atoms. The molecular formula is C18H33NO. The minimum Gasteiger partial charge on any atom is -0.346 e. The van der Waals surface area contributed by atoms with Gasteiger partial charge in [0, 0.05) is 12.1 Å². The van der Waals surface area contributed by atoms with Crippen LogP contribution in [0.15, 0.2) is 12.2 Å². The zero-order valence-corrected chi connectivity index (χ0v) is 13.3. The Labute approximate surface area is 125 Å². The van der Waals surface area contributed by atoms with Crippen LogP contribution >= 0.6 is 0 Å². The highest BCUT2D eigenvalue weighted by molar-refractivity contribution is 5.90. The van der Waals surface area contributed by atoms with Gasteiger partial charge in [0.05, 0.1) is 0 Å². The summed E-state index contributed by atoms with van der Waals surface area (Å²) in [5, 5.41) is 2.94. The highest BCUT2D eigenvalue weighted by atomic mass is 16.1. The average molecular weight is 279 g/mol. The molecule has 0 radical (unpaired) electrons. The van der Waals surface area contributed by atoms with Crippen LogP contribution in [0.25, 0.3) is 0 Å². The first-order valence-corrected chi connectivity index (χ1v) is 8.81. The lowest BCUT2D eigenvalue weighted by atomic mass is 10.0. The average Bonchev–Trinajstić information content (AvgIpc) is 2.86. The van der Waals surface area contributed by atoms with E-state index in [2.05, 4.69) is 12.2 Å². The van der Waals surface area contributed by atoms with Gasteiger partial charge in [0.25, 0.3) is 0 Å². The number of carbonyl (C=O) groups excluding carboxylic acids is 1. The first kappa shape index (κ1) is 17.3. The number of hydrogen-bond acceptors (Lipinski definition) is 1. The van der Waals surface area contributed by atoms with Crippen molar-refractivity contribution >= 4 is 5.91 Å². The molecule has 0 spiro atoms. The standard InChI is InChI=1S/C18H33NO/c1-2-3-4-5-6-7-8-9-10-11-12-13-14-17-15-16-18(20)19-17/h15-17H,2-14H2,1H3,(H,19,20). The molecule has 116 valence electrons. The molecule has 0 aromatic carbocycles. The molecule has 1 amide bonds. The van der Waals surface area contributed by atoms with Crippen LogP contribution in [-0.2, 0) is 4.79 Å². The molecule has 0 saturated heterocycles. The van der Waals surface area contributed by atoms with Crippen molar-refractivity contribution in [2.45, 2.75) is 96.4 Å². The third-order valence-electron chi connectivity index (χ3n) is 4.18. The fourth-order valence-electron chi connectivity index (χ4n) is 2.86. The third-order valence-corrected chi connectivity index (χ3v) is 4.18. The van der Waals surface area contributed by atoms with Crippen LogP contribution in [0.1, 0.15) is 90.4 Å². The molecule has 1 rings (SSSR count). The Hall–Kier alpha value is -0.790. The lowest BCUT2D eigenvalue weighted by Crippen LogP contribution is -2.25.